The number of pyridine rings is 1. The van der Waals surface area contributed by atoms with Crippen LogP contribution in [0.15, 0.2) is 48.0 Å². The van der Waals surface area contributed by atoms with Crippen molar-refractivity contribution < 1.29 is 9.59 Å². The predicted molar refractivity (Wildman–Crippen MR) is 133 cm³/mol. The van der Waals surface area contributed by atoms with Crippen LogP contribution in [0.4, 0.5) is 0 Å². The number of fused-ring (bicyclic) bond motifs is 1. The number of carbonyl (C=O) groups excluding carboxylic acids is 2. The molecule has 0 aliphatic heterocycles. The molecule has 0 atom stereocenters. The lowest BCUT2D eigenvalue weighted by atomic mass is 10.0. The molecule has 4 aromatic rings. The molecule has 0 bridgehead atoms. The minimum atomic E-state index is 0.0256. The summed E-state index contributed by atoms with van der Waals surface area (Å²) in [6.07, 6.45) is 4.32. The summed E-state index contributed by atoms with van der Waals surface area (Å²) in [7, 11) is 4.07. The minimum absolute atomic E-state index is 0.0256. The zero-order chi connectivity index (χ0) is 23.4. The Bertz CT molecular complexity index is 1290. The number of nitrogens with zero attached hydrogens (tertiary/aromatic N) is 3. The predicted octanol–water partition coefficient (Wildman–Crippen LogP) is 5.33. The molecule has 0 radical (unpaired) electrons. The number of carbonyl (C=O) groups is 2. The van der Waals surface area contributed by atoms with Gasteiger partial charge in [-0.1, -0.05) is 18.2 Å². The quantitative estimate of drug-likeness (QED) is 0.255. The Balaban J connectivity index is 1.44. The van der Waals surface area contributed by atoms with Crippen molar-refractivity contribution in [1.29, 1.82) is 0 Å². The molecule has 3 heterocycles. The molecule has 4 rings (SSSR count). The zero-order valence-electron chi connectivity index (χ0n) is 19.2. The molecule has 7 heteroatoms. The van der Waals surface area contributed by atoms with Gasteiger partial charge in [0.1, 0.15) is 5.65 Å². The number of hydrogen-bond acceptors (Lipinski definition) is 6. The Morgan fingerprint density at radius 2 is 1.94 bits per heavy atom. The average molecular weight is 461 g/mol. The Morgan fingerprint density at radius 1 is 1.09 bits per heavy atom. The smallest absolute Gasteiger partial charge is 0.179 e. The summed E-state index contributed by atoms with van der Waals surface area (Å²) in [5.41, 5.74) is 4.56. The van der Waals surface area contributed by atoms with Crippen LogP contribution < -0.4 is 0 Å². The van der Waals surface area contributed by atoms with Crippen molar-refractivity contribution in [1.82, 2.24) is 19.9 Å². The third-order valence-electron chi connectivity index (χ3n) is 5.55. The van der Waals surface area contributed by atoms with Gasteiger partial charge in [0.05, 0.1) is 16.4 Å². The third-order valence-corrected chi connectivity index (χ3v) is 6.32. The fourth-order valence-electron chi connectivity index (χ4n) is 3.79. The molecule has 1 N–H and O–H groups in total. The van der Waals surface area contributed by atoms with Crippen molar-refractivity contribution in [3.63, 3.8) is 0 Å². The van der Waals surface area contributed by atoms with Gasteiger partial charge in [0.25, 0.3) is 0 Å². The van der Waals surface area contributed by atoms with Gasteiger partial charge in [0.2, 0.25) is 0 Å². The molecule has 0 aliphatic carbocycles. The lowest BCUT2D eigenvalue weighted by molar-refractivity contribution is 0.0971. The highest BCUT2D eigenvalue weighted by atomic mass is 32.1. The maximum absolute atomic E-state index is 12.9. The summed E-state index contributed by atoms with van der Waals surface area (Å²) in [5, 5.41) is 3.85. The van der Waals surface area contributed by atoms with E-state index >= 15 is 0 Å². The van der Waals surface area contributed by atoms with E-state index in [1.807, 2.05) is 62.8 Å². The Hall–Kier alpha value is -3.16. The summed E-state index contributed by atoms with van der Waals surface area (Å²) < 4.78 is 0. The van der Waals surface area contributed by atoms with Gasteiger partial charge >= 0.3 is 0 Å². The van der Waals surface area contributed by atoms with Gasteiger partial charge in [-0.25, -0.2) is 9.97 Å². The van der Waals surface area contributed by atoms with Gasteiger partial charge in [-0.2, -0.15) is 0 Å². The SMILES string of the molecule is Cc1nc(-c2cccc(C(=O)Cc3cnc4[nH]c(C(=O)CCCCN(C)C)cc4c3)c2)cs1. The molecule has 0 unspecified atom stereocenters. The third kappa shape index (κ3) is 5.80. The Morgan fingerprint density at radius 3 is 2.70 bits per heavy atom. The van der Waals surface area contributed by atoms with E-state index in [2.05, 4.69) is 19.9 Å². The number of aryl methyl sites for hydroxylation is 1. The topological polar surface area (TPSA) is 79.0 Å². The molecule has 0 amide bonds. The van der Waals surface area contributed by atoms with Crippen molar-refractivity contribution in [2.75, 3.05) is 20.6 Å². The van der Waals surface area contributed by atoms with E-state index < -0.39 is 0 Å². The van der Waals surface area contributed by atoms with E-state index in [-0.39, 0.29) is 18.0 Å². The number of aromatic amines is 1. The Labute approximate surface area is 197 Å². The van der Waals surface area contributed by atoms with E-state index in [9.17, 15) is 9.59 Å². The van der Waals surface area contributed by atoms with Crippen LogP contribution >= 0.6 is 11.3 Å². The number of Topliss-reactive ketones (excluding diaryl/α,β-unsaturated/α-hetero) is 2. The fraction of sp³-hybridized carbons (Fsp3) is 0.308. The van der Waals surface area contributed by atoms with Crippen LogP contribution in [0.5, 0.6) is 0 Å². The minimum Gasteiger partial charge on any atom is -0.337 e. The van der Waals surface area contributed by atoms with Crippen LogP contribution in [-0.2, 0) is 6.42 Å². The van der Waals surface area contributed by atoms with E-state index in [1.165, 1.54) is 0 Å². The van der Waals surface area contributed by atoms with Gasteiger partial charge in [0, 0.05) is 40.9 Å². The van der Waals surface area contributed by atoms with Crippen molar-refractivity contribution >= 4 is 33.9 Å². The molecule has 3 aromatic heterocycles. The normalized spacial score (nSPS) is 11.4. The van der Waals surface area contributed by atoms with Gasteiger partial charge < -0.3 is 9.88 Å². The number of nitrogens with one attached hydrogen (secondary N) is 1. The van der Waals surface area contributed by atoms with Gasteiger partial charge in [-0.15, -0.1) is 11.3 Å². The molecule has 1 aromatic carbocycles. The van der Waals surface area contributed by atoms with Crippen LogP contribution in [0.1, 0.15) is 50.7 Å². The van der Waals surface area contributed by atoms with Crippen molar-refractivity contribution in [2.24, 2.45) is 0 Å². The van der Waals surface area contributed by atoms with Crippen LogP contribution in [-0.4, -0.2) is 52.1 Å². The first kappa shape index (κ1) is 23.0. The maximum atomic E-state index is 12.9. The van der Waals surface area contributed by atoms with Gasteiger partial charge in [0.15, 0.2) is 11.6 Å². The van der Waals surface area contributed by atoms with E-state index in [1.54, 1.807) is 17.5 Å². The summed E-state index contributed by atoms with van der Waals surface area (Å²) in [6.45, 7) is 2.95. The van der Waals surface area contributed by atoms with Gasteiger partial charge in [-0.05, 0) is 64.2 Å². The number of aromatic nitrogens is 3. The highest BCUT2D eigenvalue weighted by Gasteiger charge is 2.13. The summed E-state index contributed by atoms with van der Waals surface area (Å²) in [6, 6.07) is 11.4. The highest BCUT2D eigenvalue weighted by Crippen LogP contribution is 2.23. The number of rotatable bonds is 10. The molecule has 6 nitrogen and oxygen atoms in total. The number of ketones is 2. The lowest BCUT2D eigenvalue weighted by Gasteiger charge is -2.07. The molecular weight excluding hydrogens is 432 g/mol. The molecule has 0 aliphatic rings. The number of thiazole rings is 1. The molecule has 0 fully saturated rings. The monoisotopic (exact) mass is 460 g/mol. The van der Waals surface area contributed by atoms with Gasteiger partial charge in [-0.3, -0.25) is 9.59 Å². The fourth-order valence-corrected chi connectivity index (χ4v) is 4.41. The van der Waals surface area contributed by atoms with Crippen molar-refractivity contribution in [2.45, 2.75) is 32.6 Å². The Kier molecular flexibility index (Phi) is 7.11. The van der Waals surface area contributed by atoms with Crippen molar-refractivity contribution in [3.05, 3.63) is 69.8 Å². The van der Waals surface area contributed by atoms with Crippen LogP contribution in [0.2, 0.25) is 0 Å². The van der Waals surface area contributed by atoms with E-state index in [0.717, 1.165) is 46.6 Å². The first-order valence-electron chi connectivity index (χ1n) is 11.1. The molecule has 0 saturated heterocycles. The maximum Gasteiger partial charge on any atom is 0.179 e. The number of unbranched alkanes of at least 4 members (excludes halogenated alkanes) is 1. The molecule has 0 saturated carbocycles. The second-order valence-electron chi connectivity index (χ2n) is 8.58. The number of H-pyrrole nitrogens is 1. The van der Waals surface area contributed by atoms with Crippen LogP contribution in [0, 0.1) is 6.92 Å². The lowest BCUT2D eigenvalue weighted by Crippen LogP contribution is -2.13. The molecule has 170 valence electrons. The summed E-state index contributed by atoms with van der Waals surface area (Å²) in [4.78, 5) is 39.7. The summed E-state index contributed by atoms with van der Waals surface area (Å²) in [5.74, 6) is 0.121. The second-order valence-corrected chi connectivity index (χ2v) is 9.64. The molecular formula is C26H28N4O2S. The zero-order valence-corrected chi connectivity index (χ0v) is 20.0. The summed E-state index contributed by atoms with van der Waals surface area (Å²) >= 11 is 1.59. The number of benzene rings is 1. The van der Waals surface area contributed by atoms with Crippen LogP contribution in [0.25, 0.3) is 22.3 Å². The first-order valence-corrected chi connectivity index (χ1v) is 12.0. The standard InChI is InChI=1S/C26H28N4O2S/c1-17-28-23(16-33-17)19-7-6-8-20(13-19)25(32)12-18-11-21-14-22(29-26(21)27-15-18)24(31)9-4-5-10-30(2)3/h6-8,11,13-16H,4-5,9-10,12H2,1-3H3,(H,27,29). The largest absolute Gasteiger partial charge is 0.337 e. The van der Waals surface area contributed by atoms with E-state index in [0.29, 0.717) is 23.3 Å². The van der Waals surface area contributed by atoms with Crippen LogP contribution in [0.3, 0.4) is 0 Å². The first-order chi connectivity index (χ1) is 15.9. The molecule has 33 heavy (non-hydrogen) atoms. The molecule has 0 spiro atoms. The number of hydrogen-bond donors (Lipinski definition) is 1. The van der Waals surface area contributed by atoms with E-state index in [4.69, 9.17) is 0 Å². The van der Waals surface area contributed by atoms with Crippen molar-refractivity contribution in [3.8, 4) is 11.3 Å². The highest BCUT2D eigenvalue weighted by molar-refractivity contribution is 7.09. The average Bonchev–Trinajstić information content (AvgIpc) is 3.42. The second kappa shape index (κ2) is 10.2.